The summed E-state index contributed by atoms with van der Waals surface area (Å²) in [5.41, 5.74) is 8.54. The molecule has 2 aromatic carbocycles. The largest absolute Gasteiger partial charge is 0.486 e. The van der Waals surface area contributed by atoms with Crippen LogP contribution >= 0.6 is 12.2 Å². The molecule has 3 rings (SSSR count). The van der Waals surface area contributed by atoms with Crippen molar-refractivity contribution in [1.82, 2.24) is 0 Å². The van der Waals surface area contributed by atoms with E-state index in [1.165, 1.54) is 0 Å². The quantitative estimate of drug-likeness (QED) is 0.853. The highest BCUT2D eigenvalue weighted by molar-refractivity contribution is 7.80. The van der Waals surface area contributed by atoms with E-state index in [1.54, 1.807) is 0 Å². The van der Waals surface area contributed by atoms with Gasteiger partial charge >= 0.3 is 0 Å². The lowest BCUT2D eigenvalue weighted by molar-refractivity contribution is 0.172. The maximum atomic E-state index is 5.73. The molecule has 0 aromatic heterocycles. The molecule has 0 fully saturated rings. The molecule has 1 aliphatic heterocycles. The summed E-state index contributed by atoms with van der Waals surface area (Å²) in [5.74, 6) is 1.47. The van der Waals surface area contributed by atoms with Crippen LogP contribution in [0.1, 0.15) is 5.56 Å². The smallest absolute Gasteiger partial charge is 0.169 e. The van der Waals surface area contributed by atoms with Gasteiger partial charge in [0.1, 0.15) is 18.2 Å². The maximum Gasteiger partial charge on any atom is 0.169 e. The predicted octanol–water partition coefficient (Wildman–Crippen LogP) is 2.76. The van der Waals surface area contributed by atoms with Gasteiger partial charge in [-0.1, -0.05) is 42.5 Å². The van der Waals surface area contributed by atoms with Crippen molar-refractivity contribution in [3.8, 4) is 22.6 Å². The van der Waals surface area contributed by atoms with Gasteiger partial charge in [-0.3, -0.25) is 0 Å². The third-order valence-corrected chi connectivity index (χ3v) is 3.25. The van der Waals surface area contributed by atoms with Crippen LogP contribution < -0.4 is 15.2 Å². The van der Waals surface area contributed by atoms with E-state index in [1.807, 2.05) is 42.5 Å². The minimum absolute atomic E-state index is 0.356. The Morgan fingerprint density at radius 1 is 1.05 bits per heavy atom. The molecule has 0 unspecified atom stereocenters. The average molecular weight is 271 g/mol. The lowest BCUT2D eigenvalue weighted by Gasteiger charge is -2.22. The van der Waals surface area contributed by atoms with E-state index in [2.05, 4.69) is 0 Å². The van der Waals surface area contributed by atoms with Crippen LogP contribution in [0.3, 0.4) is 0 Å². The van der Waals surface area contributed by atoms with Gasteiger partial charge in [0.25, 0.3) is 0 Å². The summed E-state index contributed by atoms with van der Waals surface area (Å²) in [6.45, 7) is 1.10. The van der Waals surface area contributed by atoms with Gasteiger partial charge in [0, 0.05) is 11.1 Å². The fourth-order valence-electron chi connectivity index (χ4n) is 2.13. The fourth-order valence-corrected chi connectivity index (χ4v) is 2.25. The Kier molecular flexibility index (Phi) is 3.09. The SMILES string of the molecule is NC(=S)c1cc2c(c(-c3ccccc3)c1)OCCO2. The molecular weight excluding hydrogens is 258 g/mol. The van der Waals surface area contributed by atoms with Crippen LogP contribution in [-0.2, 0) is 0 Å². The summed E-state index contributed by atoms with van der Waals surface area (Å²) in [7, 11) is 0. The van der Waals surface area contributed by atoms with E-state index >= 15 is 0 Å². The van der Waals surface area contributed by atoms with Crippen LogP contribution in [0.15, 0.2) is 42.5 Å². The number of rotatable bonds is 2. The molecule has 19 heavy (non-hydrogen) atoms. The van der Waals surface area contributed by atoms with Gasteiger partial charge in [-0.2, -0.15) is 0 Å². The van der Waals surface area contributed by atoms with Gasteiger partial charge < -0.3 is 15.2 Å². The zero-order chi connectivity index (χ0) is 13.2. The number of fused-ring (bicyclic) bond motifs is 1. The van der Waals surface area contributed by atoms with Crippen molar-refractivity contribution in [2.24, 2.45) is 5.73 Å². The molecule has 0 saturated heterocycles. The van der Waals surface area contributed by atoms with Crippen molar-refractivity contribution >= 4 is 17.2 Å². The molecule has 96 valence electrons. The van der Waals surface area contributed by atoms with Crippen LogP contribution in [-0.4, -0.2) is 18.2 Å². The number of hydrogen-bond donors (Lipinski definition) is 1. The molecular formula is C15H13NO2S. The Morgan fingerprint density at radius 3 is 2.53 bits per heavy atom. The molecule has 4 heteroatoms. The number of thiocarbonyl (C=S) groups is 1. The fraction of sp³-hybridized carbons (Fsp3) is 0.133. The number of hydrogen-bond acceptors (Lipinski definition) is 3. The minimum Gasteiger partial charge on any atom is -0.486 e. The highest BCUT2D eigenvalue weighted by Gasteiger charge is 2.19. The monoisotopic (exact) mass is 271 g/mol. The summed E-state index contributed by atoms with van der Waals surface area (Å²) >= 11 is 5.06. The molecule has 1 aliphatic rings. The average Bonchev–Trinajstić information content (AvgIpc) is 2.47. The first-order valence-corrected chi connectivity index (χ1v) is 6.45. The van der Waals surface area contributed by atoms with Crippen LogP contribution in [0.25, 0.3) is 11.1 Å². The van der Waals surface area contributed by atoms with Crippen molar-refractivity contribution in [1.29, 1.82) is 0 Å². The zero-order valence-electron chi connectivity index (χ0n) is 10.3. The summed E-state index contributed by atoms with van der Waals surface area (Å²) in [6, 6.07) is 13.8. The Morgan fingerprint density at radius 2 is 1.79 bits per heavy atom. The van der Waals surface area contributed by atoms with Gasteiger partial charge in [-0.05, 0) is 17.7 Å². The molecule has 0 saturated carbocycles. The lowest BCUT2D eigenvalue weighted by Crippen LogP contribution is -2.17. The molecule has 2 aromatic rings. The van der Waals surface area contributed by atoms with Crippen molar-refractivity contribution < 1.29 is 9.47 Å². The van der Waals surface area contributed by atoms with Crippen LogP contribution in [0, 0.1) is 0 Å². The zero-order valence-corrected chi connectivity index (χ0v) is 11.1. The highest BCUT2D eigenvalue weighted by Crippen LogP contribution is 2.41. The third-order valence-electron chi connectivity index (χ3n) is 3.01. The molecule has 2 N–H and O–H groups in total. The number of benzene rings is 2. The lowest BCUT2D eigenvalue weighted by atomic mass is 10.0. The van der Waals surface area contributed by atoms with Gasteiger partial charge in [0.15, 0.2) is 11.5 Å². The van der Waals surface area contributed by atoms with E-state index in [-0.39, 0.29) is 0 Å². The van der Waals surface area contributed by atoms with E-state index in [4.69, 9.17) is 27.4 Å². The topological polar surface area (TPSA) is 44.5 Å². The van der Waals surface area contributed by atoms with Crippen molar-refractivity contribution in [2.45, 2.75) is 0 Å². The van der Waals surface area contributed by atoms with Crippen molar-refractivity contribution in [3.05, 3.63) is 48.0 Å². The second-order valence-electron chi connectivity index (χ2n) is 4.28. The molecule has 0 aliphatic carbocycles. The van der Waals surface area contributed by atoms with Gasteiger partial charge in [-0.25, -0.2) is 0 Å². The van der Waals surface area contributed by atoms with E-state index in [0.717, 1.165) is 22.4 Å². The Labute approximate surface area is 117 Å². The number of nitrogens with two attached hydrogens (primary N) is 1. The molecule has 3 nitrogen and oxygen atoms in total. The van der Waals surface area contributed by atoms with Crippen LogP contribution in [0.5, 0.6) is 11.5 Å². The second kappa shape index (κ2) is 4.90. The van der Waals surface area contributed by atoms with E-state index in [9.17, 15) is 0 Å². The molecule has 1 heterocycles. The molecule has 0 radical (unpaired) electrons. The first-order valence-electron chi connectivity index (χ1n) is 6.04. The number of ether oxygens (including phenoxy) is 2. The molecule has 0 bridgehead atoms. The standard InChI is InChI=1S/C15H13NO2S/c16-15(19)11-8-12(10-4-2-1-3-5-10)14-13(9-11)17-6-7-18-14/h1-5,8-9H,6-7H2,(H2,16,19). The Hall–Kier alpha value is -2.07. The van der Waals surface area contributed by atoms with Gasteiger partial charge in [-0.15, -0.1) is 0 Å². The third kappa shape index (κ3) is 2.27. The van der Waals surface area contributed by atoms with E-state index in [0.29, 0.717) is 24.0 Å². The summed E-state index contributed by atoms with van der Waals surface area (Å²) < 4.78 is 11.4. The first kappa shape index (κ1) is 12.0. The predicted molar refractivity (Wildman–Crippen MR) is 78.8 cm³/mol. The first-order chi connectivity index (χ1) is 9.25. The summed E-state index contributed by atoms with van der Waals surface area (Å²) in [6.07, 6.45) is 0. The van der Waals surface area contributed by atoms with E-state index < -0.39 is 0 Å². The molecule has 0 spiro atoms. The summed E-state index contributed by atoms with van der Waals surface area (Å²) in [5, 5.41) is 0. The van der Waals surface area contributed by atoms with Gasteiger partial charge in [0.05, 0.1) is 0 Å². The molecule has 0 atom stereocenters. The summed E-state index contributed by atoms with van der Waals surface area (Å²) in [4.78, 5) is 0.356. The normalized spacial score (nSPS) is 13.1. The van der Waals surface area contributed by atoms with Crippen molar-refractivity contribution in [3.63, 3.8) is 0 Å². The highest BCUT2D eigenvalue weighted by atomic mass is 32.1. The van der Waals surface area contributed by atoms with Gasteiger partial charge in [0.2, 0.25) is 0 Å². The van der Waals surface area contributed by atoms with Crippen LogP contribution in [0.4, 0.5) is 0 Å². The second-order valence-corrected chi connectivity index (χ2v) is 4.72. The molecule has 0 amide bonds. The van der Waals surface area contributed by atoms with Crippen LogP contribution in [0.2, 0.25) is 0 Å². The minimum atomic E-state index is 0.356. The van der Waals surface area contributed by atoms with Crippen molar-refractivity contribution in [2.75, 3.05) is 13.2 Å². The maximum absolute atomic E-state index is 5.73. The Balaban J connectivity index is 2.21. The Bertz CT molecular complexity index is 626.